The first-order valence-electron chi connectivity index (χ1n) is 4.57. The molecule has 0 unspecified atom stereocenters. The normalized spacial score (nSPS) is 10.6. The Morgan fingerprint density at radius 3 is 3.06 bits per heavy atom. The maximum Gasteiger partial charge on any atom is 0.260 e. The largest absolute Gasteiger partial charge is 0.398 e. The van der Waals surface area contributed by atoms with E-state index in [0.717, 1.165) is 14.9 Å². The van der Waals surface area contributed by atoms with Gasteiger partial charge in [-0.3, -0.25) is 0 Å². The van der Waals surface area contributed by atoms with Crippen LogP contribution >= 0.6 is 34.4 Å². The van der Waals surface area contributed by atoms with E-state index in [4.69, 9.17) is 10.3 Å². The van der Waals surface area contributed by atoms with Crippen LogP contribution in [0.15, 0.2) is 22.7 Å². The lowest BCUT2D eigenvalue weighted by molar-refractivity contribution is 0.425. The Bertz CT molecular complexity index is 501. The summed E-state index contributed by atoms with van der Waals surface area (Å²) in [4.78, 5) is 4.29. The van der Waals surface area contributed by atoms with Gasteiger partial charge in [0.25, 0.3) is 5.89 Å². The predicted molar refractivity (Wildman–Crippen MR) is 74.1 cm³/mol. The van der Waals surface area contributed by atoms with Crippen LogP contribution in [-0.2, 0) is 5.75 Å². The number of hydrogen-bond donors (Lipinski definition) is 1. The van der Waals surface area contributed by atoms with Gasteiger partial charge in [-0.1, -0.05) is 5.16 Å². The molecule has 4 nitrogen and oxygen atoms in total. The van der Waals surface area contributed by atoms with Crippen molar-refractivity contribution in [1.29, 1.82) is 0 Å². The van der Waals surface area contributed by atoms with Crippen LogP contribution in [0.3, 0.4) is 0 Å². The molecule has 1 aromatic carbocycles. The summed E-state index contributed by atoms with van der Waals surface area (Å²) in [6, 6.07) is 5.72. The van der Waals surface area contributed by atoms with E-state index < -0.39 is 0 Å². The van der Waals surface area contributed by atoms with Gasteiger partial charge in [0.2, 0.25) is 0 Å². The van der Waals surface area contributed by atoms with Crippen LogP contribution in [0.5, 0.6) is 0 Å². The molecule has 0 saturated heterocycles. The molecule has 1 heterocycles. The highest BCUT2D eigenvalue weighted by atomic mass is 127. The van der Waals surface area contributed by atoms with Gasteiger partial charge in [-0.15, -0.1) is 0 Å². The van der Waals surface area contributed by atoms with Crippen LogP contribution in [0.25, 0.3) is 11.5 Å². The number of nitrogens with two attached hydrogens (primary N) is 1. The third kappa shape index (κ3) is 2.49. The molecule has 0 aliphatic heterocycles. The predicted octanol–water partition coefficient (Wildman–Crippen LogP) is 2.79. The van der Waals surface area contributed by atoms with Gasteiger partial charge in [0.1, 0.15) is 0 Å². The van der Waals surface area contributed by atoms with E-state index in [0.29, 0.717) is 17.4 Å². The van der Waals surface area contributed by atoms with E-state index in [1.165, 1.54) is 0 Å². The fraction of sp³-hybridized carbons (Fsp3) is 0.200. The summed E-state index contributed by atoms with van der Waals surface area (Å²) < 4.78 is 6.27. The van der Waals surface area contributed by atoms with Crippen molar-refractivity contribution in [2.75, 3.05) is 12.0 Å². The number of anilines is 1. The van der Waals surface area contributed by atoms with Gasteiger partial charge in [-0.05, 0) is 47.0 Å². The van der Waals surface area contributed by atoms with Gasteiger partial charge in [0.15, 0.2) is 5.82 Å². The Morgan fingerprint density at radius 1 is 1.50 bits per heavy atom. The summed E-state index contributed by atoms with van der Waals surface area (Å²) in [7, 11) is 0. The third-order valence-corrected chi connectivity index (χ3v) is 3.21. The van der Waals surface area contributed by atoms with Crippen LogP contribution in [0, 0.1) is 3.57 Å². The molecular weight excluding hydrogens is 337 g/mol. The van der Waals surface area contributed by atoms with Crippen LogP contribution in [0.1, 0.15) is 5.82 Å². The highest BCUT2D eigenvalue weighted by Gasteiger charge is 2.11. The second-order valence-corrected chi connectivity index (χ2v) is 5.29. The summed E-state index contributed by atoms with van der Waals surface area (Å²) in [6.45, 7) is 0. The molecule has 16 heavy (non-hydrogen) atoms. The summed E-state index contributed by atoms with van der Waals surface area (Å²) in [5, 5.41) is 3.89. The Labute approximate surface area is 111 Å². The van der Waals surface area contributed by atoms with Crippen molar-refractivity contribution in [2.24, 2.45) is 0 Å². The van der Waals surface area contributed by atoms with Crippen molar-refractivity contribution in [3.63, 3.8) is 0 Å². The molecule has 2 N–H and O–H groups in total. The molecule has 2 aromatic rings. The molecule has 0 saturated carbocycles. The quantitative estimate of drug-likeness (QED) is 0.683. The number of nitrogens with zero attached hydrogens (tertiary/aromatic N) is 2. The molecule has 2 rings (SSSR count). The Hall–Kier alpha value is -0.760. The second-order valence-electron chi connectivity index (χ2n) is 3.18. The fourth-order valence-electron chi connectivity index (χ4n) is 1.26. The molecule has 0 atom stereocenters. The first-order chi connectivity index (χ1) is 7.70. The van der Waals surface area contributed by atoms with E-state index in [2.05, 4.69) is 32.7 Å². The van der Waals surface area contributed by atoms with Crippen LogP contribution in [-0.4, -0.2) is 16.4 Å². The lowest BCUT2D eigenvalue weighted by atomic mass is 10.2. The van der Waals surface area contributed by atoms with E-state index in [1.807, 2.05) is 24.5 Å². The van der Waals surface area contributed by atoms with Gasteiger partial charge in [0, 0.05) is 9.26 Å². The molecule has 0 bridgehead atoms. The van der Waals surface area contributed by atoms with Gasteiger partial charge in [-0.2, -0.15) is 16.7 Å². The smallest absolute Gasteiger partial charge is 0.260 e. The van der Waals surface area contributed by atoms with Gasteiger partial charge in [0.05, 0.1) is 11.3 Å². The van der Waals surface area contributed by atoms with Crippen molar-refractivity contribution in [2.45, 2.75) is 5.75 Å². The SMILES string of the molecule is CSCc1noc(-c2cc(I)ccc2N)n1. The number of aromatic nitrogens is 2. The van der Waals surface area contributed by atoms with E-state index in [9.17, 15) is 0 Å². The van der Waals surface area contributed by atoms with Crippen LogP contribution in [0.2, 0.25) is 0 Å². The summed E-state index contributed by atoms with van der Waals surface area (Å²) >= 11 is 3.88. The first kappa shape index (κ1) is 11.7. The lowest BCUT2D eigenvalue weighted by Crippen LogP contribution is -1.91. The first-order valence-corrected chi connectivity index (χ1v) is 7.05. The Morgan fingerprint density at radius 2 is 2.31 bits per heavy atom. The second kappa shape index (κ2) is 5.05. The Balaban J connectivity index is 2.38. The minimum atomic E-state index is 0.486. The number of halogens is 1. The van der Waals surface area contributed by atoms with Crippen LogP contribution < -0.4 is 5.73 Å². The zero-order chi connectivity index (χ0) is 11.5. The third-order valence-electron chi connectivity index (χ3n) is 1.99. The number of rotatable bonds is 3. The molecule has 6 heteroatoms. The van der Waals surface area contributed by atoms with Crippen molar-refractivity contribution in [3.05, 3.63) is 27.6 Å². The number of nitrogen functional groups attached to an aromatic ring is 1. The molecule has 0 aliphatic carbocycles. The number of thioether (sulfide) groups is 1. The summed E-state index contributed by atoms with van der Waals surface area (Å²) in [5.74, 6) is 1.92. The maximum atomic E-state index is 5.87. The number of hydrogen-bond acceptors (Lipinski definition) is 5. The molecule has 1 aromatic heterocycles. The highest BCUT2D eigenvalue weighted by molar-refractivity contribution is 14.1. The molecule has 0 amide bonds. The monoisotopic (exact) mass is 347 g/mol. The topological polar surface area (TPSA) is 64.9 Å². The summed E-state index contributed by atoms with van der Waals surface area (Å²) in [5.41, 5.74) is 7.32. The molecule has 0 spiro atoms. The average Bonchev–Trinajstić information content (AvgIpc) is 2.71. The molecule has 0 radical (unpaired) electrons. The fourth-order valence-corrected chi connectivity index (χ4v) is 2.13. The van der Waals surface area contributed by atoms with Crippen molar-refractivity contribution >= 4 is 40.0 Å². The Kier molecular flexibility index (Phi) is 3.70. The van der Waals surface area contributed by atoms with E-state index in [-0.39, 0.29) is 0 Å². The highest BCUT2D eigenvalue weighted by Crippen LogP contribution is 2.26. The van der Waals surface area contributed by atoms with Crippen molar-refractivity contribution in [3.8, 4) is 11.5 Å². The van der Waals surface area contributed by atoms with Crippen LogP contribution in [0.4, 0.5) is 5.69 Å². The zero-order valence-electron chi connectivity index (χ0n) is 8.61. The molecule has 84 valence electrons. The van der Waals surface area contributed by atoms with Gasteiger partial charge < -0.3 is 10.3 Å². The van der Waals surface area contributed by atoms with E-state index >= 15 is 0 Å². The average molecular weight is 347 g/mol. The van der Waals surface area contributed by atoms with Crippen molar-refractivity contribution < 1.29 is 4.52 Å². The maximum absolute atomic E-state index is 5.87. The molecular formula is C10H10IN3OS. The zero-order valence-corrected chi connectivity index (χ0v) is 11.6. The molecule has 0 aliphatic rings. The standard InChI is InChI=1S/C10H10IN3OS/c1-16-5-9-13-10(15-14-9)7-4-6(11)2-3-8(7)12/h2-4H,5,12H2,1H3. The number of benzene rings is 1. The minimum Gasteiger partial charge on any atom is -0.398 e. The van der Waals surface area contributed by atoms with E-state index in [1.54, 1.807) is 11.8 Å². The summed E-state index contributed by atoms with van der Waals surface area (Å²) in [6.07, 6.45) is 2.00. The van der Waals surface area contributed by atoms with Crippen molar-refractivity contribution in [1.82, 2.24) is 10.1 Å². The molecule has 0 fully saturated rings. The lowest BCUT2D eigenvalue weighted by Gasteiger charge is -2.00. The van der Waals surface area contributed by atoms with Gasteiger partial charge in [-0.25, -0.2) is 0 Å². The van der Waals surface area contributed by atoms with Gasteiger partial charge >= 0.3 is 0 Å². The minimum absolute atomic E-state index is 0.486.